The van der Waals surface area contributed by atoms with Gasteiger partial charge in [0.05, 0.1) is 12.1 Å². The molecule has 0 saturated carbocycles. The summed E-state index contributed by atoms with van der Waals surface area (Å²) in [5.41, 5.74) is 5.16. The maximum atomic E-state index is 10.3. The molecule has 3 N–H and O–H groups in total. The standard InChI is InChI=1S/C5H11NO2.CH4/c1-3(7)5(6)4(2)8;/h3,5,7H,6H2,1-2H3;1H4. The van der Waals surface area contributed by atoms with E-state index in [9.17, 15) is 4.79 Å². The summed E-state index contributed by atoms with van der Waals surface area (Å²) in [7, 11) is 0. The van der Waals surface area contributed by atoms with Crippen molar-refractivity contribution in [1.29, 1.82) is 0 Å². The lowest BCUT2D eigenvalue weighted by Crippen LogP contribution is -2.38. The monoisotopic (exact) mass is 133 g/mol. The Morgan fingerprint density at radius 1 is 1.67 bits per heavy atom. The van der Waals surface area contributed by atoms with Crippen molar-refractivity contribution in [3.63, 3.8) is 0 Å². The van der Waals surface area contributed by atoms with E-state index in [-0.39, 0.29) is 13.2 Å². The Morgan fingerprint density at radius 3 is 2.00 bits per heavy atom. The third kappa shape index (κ3) is 4.12. The summed E-state index contributed by atoms with van der Waals surface area (Å²) >= 11 is 0. The summed E-state index contributed by atoms with van der Waals surface area (Å²) < 4.78 is 0. The highest BCUT2D eigenvalue weighted by Gasteiger charge is 2.12. The first-order valence-electron chi connectivity index (χ1n) is 2.50. The number of rotatable bonds is 2. The largest absolute Gasteiger partial charge is 0.391 e. The van der Waals surface area contributed by atoms with Crippen LogP contribution in [-0.4, -0.2) is 23.0 Å². The molecule has 0 aliphatic carbocycles. The number of aliphatic hydroxyl groups is 1. The molecule has 0 aromatic rings. The van der Waals surface area contributed by atoms with Crippen molar-refractivity contribution < 1.29 is 9.90 Å². The predicted molar refractivity (Wildman–Crippen MR) is 37.1 cm³/mol. The Kier molecular flexibility index (Phi) is 5.66. The average Bonchev–Trinajstić information content (AvgIpc) is 1.64. The third-order valence-electron chi connectivity index (χ3n) is 0.989. The number of aliphatic hydroxyl groups excluding tert-OH is 1. The smallest absolute Gasteiger partial charge is 0.149 e. The lowest BCUT2D eigenvalue weighted by Gasteiger charge is -2.08. The average molecular weight is 133 g/mol. The fourth-order valence-electron chi connectivity index (χ4n) is 0.340. The van der Waals surface area contributed by atoms with Crippen LogP contribution in [0.4, 0.5) is 0 Å². The zero-order chi connectivity index (χ0) is 6.73. The number of nitrogens with two attached hydrogens (primary N) is 1. The number of hydrogen-bond donors (Lipinski definition) is 2. The van der Waals surface area contributed by atoms with E-state index in [2.05, 4.69) is 0 Å². The second kappa shape index (κ2) is 4.47. The summed E-state index contributed by atoms with van der Waals surface area (Å²) in [5.74, 6) is -0.181. The molecule has 3 nitrogen and oxygen atoms in total. The number of carbonyl (C=O) groups is 1. The molecular formula is C6H15NO2. The summed E-state index contributed by atoms with van der Waals surface area (Å²) in [4.78, 5) is 10.3. The number of ketones is 1. The zero-order valence-corrected chi connectivity index (χ0v) is 5.09. The molecule has 0 saturated heterocycles. The van der Waals surface area contributed by atoms with E-state index in [1.54, 1.807) is 0 Å². The van der Waals surface area contributed by atoms with Crippen molar-refractivity contribution in [2.45, 2.75) is 33.4 Å². The lowest BCUT2D eigenvalue weighted by atomic mass is 10.1. The molecule has 0 aromatic heterocycles. The van der Waals surface area contributed by atoms with Gasteiger partial charge >= 0.3 is 0 Å². The minimum Gasteiger partial charge on any atom is -0.391 e. The van der Waals surface area contributed by atoms with Crippen LogP contribution in [0.25, 0.3) is 0 Å². The predicted octanol–water partition coefficient (Wildman–Crippen LogP) is -0.0804. The molecule has 0 aliphatic heterocycles. The second-order valence-electron chi connectivity index (χ2n) is 1.88. The van der Waals surface area contributed by atoms with Crippen LogP contribution in [0.15, 0.2) is 0 Å². The van der Waals surface area contributed by atoms with Gasteiger partial charge in [-0.05, 0) is 13.8 Å². The molecule has 0 fully saturated rings. The molecule has 2 unspecified atom stereocenters. The minimum atomic E-state index is -0.729. The number of Topliss-reactive ketones (excluding diaryl/α,β-unsaturated/α-hetero) is 1. The molecule has 0 amide bonds. The first-order valence-corrected chi connectivity index (χ1v) is 2.50. The van der Waals surface area contributed by atoms with Crippen LogP contribution < -0.4 is 5.73 Å². The van der Waals surface area contributed by atoms with Crippen LogP contribution in [-0.2, 0) is 4.79 Å². The van der Waals surface area contributed by atoms with E-state index in [0.717, 1.165) is 0 Å². The van der Waals surface area contributed by atoms with Crippen LogP contribution in [0.1, 0.15) is 21.3 Å². The minimum absolute atomic E-state index is 0. The molecule has 0 bridgehead atoms. The molecular weight excluding hydrogens is 118 g/mol. The fourth-order valence-corrected chi connectivity index (χ4v) is 0.340. The quantitative estimate of drug-likeness (QED) is 0.553. The summed E-state index contributed by atoms with van der Waals surface area (Å²) in [5, 5.41) is 8.65. The van der Waals surface area contributed by atoms with Gasteiger partial charge in [-0.3, -0.25) is 4.79 Å². The van der Waals surface area contributed by atoms with Crippen LogP contribution in [0.5, 0.6) is 0 Å². The Bertz CT molecular complexity index is 91.1. The molecule has 2 atom stereocenters. The molecule has 56 valence electrons. The van der Waals surface area contributed by atoms with Crippen LogP contribution in [0, 0.1) is 0 Å². The molecule has 0 aliphatic rings. The molecule has 0 heterocycles. The van der Waals surface area contributed by atoms with Gasteiger partial charge in [0.15, 0.2) is 0 Å². The highest BCUT2D eigenvalue weighted by molar-refractivity contribution is 5.81. The topological polar surface area (TPSA) is 63.3 Å². The van der Waals surface area contributed by atoms with E-state index in [1.165, 1.54) is 13.8 Å². The van der Waals surface area contributed by atoms with Crippen molar-refractivity contribution in [2.24, 2.45) is 5.73 Å². The van der Waals surface area contributed by atoms with Crippen molar-refractivity contribution in [1.82, 2.24) is 0 Å². The van der Waals surface area contributed by atoms with Gasteiger partial charge in [-0.1, -0.05) is 7.43 Å². The first kappa shape index (κ1) is 11.4. The molecule has 0 rings (SSSR count). The molecule has 0 spiro atoms. The fraction of sp³-hybridized carbons (Fsp3) is 0.833. The van der Waals surface area contributed by atoms with Crippen molar-refractivity contribution in [2.75, 3.05) is 0 Å². The molecule has 3 heteroatoms. The van der Waals surface area contributed by atoms with Gasteiger partial charge in [-0.25, -0.2) is 0 Å². The maximum Gasteiger partial charge on any atom is 0.149 e. The second-order valence-corrected chi connectivity index (χ2v) is 1.88. The first-order chi connectivity index (χ1) is 3.55. The number of carbonyl (C=O) groups excluding carboxylic acids is 1. The highest BCUT2D eigenvalue weighted by Crippen LogP contribution is 1.87. The van der Waals surface area contributed by atoms with Gasteiger partial charge in [0.2, 0.25) is 0 Å². The Balaban J connectivity index is 0. The molecule has 0 radical (unpaired) electrons. The zero-order valence-electron chi connectivity index (χ0n) is 5.09. The molecule has 0 aromatic carbocycles. The van der Waals surface area contributed by atoms with Gasteiger partial charge in [0.25, 0.3) is 0 Å². The Hall–Kier alpha value is -0.410. The van der Waals surface area contributed by atoms with Crippen molar-refractivity contribution >= 4 is 5.78 Å². The van der Waals surface area contributed by atoms with Crippen molar-refractivity contribution in [3.05, 3.63) is 0 Å². The van der Waals surface area contributed by atoms with E-state index < -0.39 is 12.1 Å². The van der Waals surface area contributed by atoms with Gasteiger partial charge in [0, 0.05) is 0 Å². The summed E-state index contributed by atoms with van der Waals surface area (Å²) in [6, 6.07) is -0.713. The van der Waals surface area contributed by atoms with E-state index in [4.69, 9.17) is 10.8 Å². The Morgan fingerprint density at radius 2 is 2.00 bits per heavy atom. The van der Waals surface area contributed by atoms with Crippen LogP contribution in [0.2, 0.25) is 0 Å². The van der Waals surface area contributed by atoms with Crippen LogP contribution >= 0.6 is 0 Å². The maximum absolute atomic E-state index is 10.3. The SMILES string of the molecule is C.CC(=O)C(N)C(C)O. The summed E-state index contributed by atoms with van der Waals surface area (Å²) in [6.07, 6.45) is -0.729. The number of hydrogen-bond acceptors (Lipinski definition) is 3. The van der Waals surface area contributed by atoms with Crippen LogP contribution in [0.3, 0.4) is 0 Å². The summed E-state index contributed by atoms with van der Waals surface area (Å²) in [6.45, 7) is 2.85. The molecule has 9 heavy (non-hydrogen) atoms. The van der Waals surface area contributed by atoms with Gasteiger partial charge in [0.1, 0.15) is 5.78 Å². The van der Waals surface area contributed by atoms with Gasteiger partial charge < -0.3 is 10.8 Å². The van der Waals surface area contributed by atoms with E-state index in [0.29, 0.717) is 0 Å². The van der Waals surface area contributed by atoms with E-state index in [1.807, 2.05) is 0 Å². The van der Waals surface area contributed by atoms with Crippen molar-refractivity contribution in [3.8, 4) is 0 Å². The normalized spacial score (nSPS) is 15.6. The van der Waals surface area contributed by atoms with E-state index >= 15 is 0 Å². The van der Waals surface area contributed by atoms with Gasteiger partial charge in [-0.15, -0.1) is 0 Å². The Labute approximate surface area is 55.9 Å². The lowest BCUT2D eigenvalue weighted by molar-refractivity contribution is -0.120. The van der Waals surface area contributed by atoms with Gasteiger partial charge in [-0.2, -0.15) is 0 Å². The third-order valence-corrected chi connectivity index (χ3v) is 0.989. The highest BCUT2D eigenvalue weighted by atomic mass is 16.3.